The molecule has 3 aliphatic carbocycles. The molecule has 0 nitrogen and oxygen atoms in total. The van der Waals surface area contributed by atoms with Crippen LogP contribution in [0.1, 0.15) is 47.0 Å². The van der Waals surface area contributed by atoms with Crippen LogP contribution < -0.4 is 0 Å². The summed E-state index contributed by atoms with van der Waals surface area (Å²) < 4.78 is 0. The van der Waals surface area contributed by atoms with Crippen molar-refractivity contribution < 1.29 is 0 Å². The Morgan fingerprint density at radius 3 is 2.73 bits per heavy atom. The molecule has 0 radical (unpaired) electrons. The number of rotatable bonds is 1. The van der Waals surface area contributed by atoms with Crippen LogP contribution in [0.25, 0.3) is 0 Å². The van der Waals surface area contributed by atoms with Crippen LogP contribution in [0.3, 0.4) is 0 Å². The van der Waals surface area contributed by atoms with Gasteiger partial charge in [-0.3, -0.25) is 0 Å². The second-order valence-corrected chi connectivity index (χ2v) is 6.65. The zero-order valence-electron chi connectivity index (χ0n) is 10.6. The summed E-state index contributed by atoms with van der Waals surface area (Å²) in [6.45, 7) is 9.75. The van der Waals surface area contributed by atoms with Crippen LogP contribution in [0.5, 0.6) is 0 Å². The molecule has 84 valence electrons. The van der Waals surface area contributed by atoms with Crippen LogP contribution >= 0.6 is 0 Å². The Balaban J connectivity index is 1.91. The molecule has 1 spiro atoms. The van der Waals surface area contributed by atoms with Gasteiger partial charge in [-0.05, 0) is 61.2 Å². The van der Waals surface area contributed by atoms with E-state index in [4.69, 9.17) is 0 Å². The maximum atomic E-state index is 2.53. The molecule has 0 amide bonds. The molecule has 0 saturated heterocycles. The van der Waals surface area contributed by atoms with Crippen molar-refractivity contribution in [3.05, 3.63) is 11.6 Å². The predicted octanol–water partition coefficient (Wildman–Crippen LogP) is 4.27. The van der Waals surface area contributed by atoms with Crippen molar-refractivity contribution in [3.8, 4) is 0 Å². The van der Waals surface area contributed by atoms with Gasteiger partial charge in [-0.15, -0.1) is 0 Å². The monoisotopic (exact) mass is 204 g/mol. The van der Waals surface area contributed by atoms with Crippen LogP contribution in [0.4, 0.5) is 0 Å². The fourth-order valence-electron chi connectivity index (χ4n) is 5.05. The van der Waals surface area contributed by atoms with E-state index in [1.807, 2.05) is 0 Å². The highest BCUT2D eigenvalue weighted by Crippen LogP contribution is 2.77. The van der Waals surface area contributed by atoms with Gasteiger partial charge in [0.05, 0.1) is 0 Å². The molecule has 2 fully saturated rings. The second kappa shape index (κ2) is 2.90. The van der Waals surface area contributed by atoms with E-state index in [2.05, 4.69) is 33.8 Å². The van der Waals surface area contributed by atoms with Crippen molar-refractivity contribution in [2.45, 2.75) is 47.0 Å². The van der Waals surface area contributed by atoms with Gasteiger partial charge >= 0.3 is 0 Å². The van der Waals surface area contributed by atoms with Crippen LogP contribution in [-0.2, 0) is 0 Å². The Labute approximate surface area is 94.1 Å². The average Bonchev–Trinajstić information content (AvgIpc) is 2.75. The largest absolute Gasteiger partial charge is 0.0847 e. The maximum absolute atomic E-state index is 2.53. The molecule has 15 heavy (non-hydrogen) atoms. The minimum Gasteiger partial charge on any atom is -0.0847 e. The van der Waals surface area contributed by atoms with Crippen molar-refractivity contribution in [2.24, 2.45) is 35.0 Å². The van der Waals surface area contributed by atoms with E-state index in [-0.39, 0.29) is 0 Å². The SMILES string of the molecule is CC1=CC[C@@]23[C@@H]([C@H](C(C)C)CC[C@H]2C)[C@H]13. The van der Waals surface area contributed by atoms with Gasteiger partial charge in [0.2, 0.25) is 0 Å². The van der Waals surface area contributed by atoms with Gasteiger partial charge in [0.25, 0.3) is 0 Å². The molecule has 0 aromatic rings. The van der Waals surface area contributed by atoms with Crippen LogP contribution in [0, 0.1) is 35.0 Å². The third kappa shape index (κ3) is 1.04. The second-order valence-electron chi connectivity index (χ2n) is 6.65. The van der Waals surface area contributed by atoms with Gasteiger partial charge in [0, 0.05) is 0 Å². The molecule has 0 aromatic carbocycles. The molecular formula is C15H24. The molecule has 0 unspecified atom stereocenters. The Hall–Kier alpha value is -0.260. The molecule has 3 aliphatic rings. The van der Waals surface area contributed by atoms with Crippen molar-refractivity contribution in [2.75, 3.05) is 0 Å². The summed E-state index contributed by atoms with van der Waals surface area (Å²) in [5.41, 5.74) is 2.47. The number of fused-ring (bicyclic) bond motifs is 1. The fraction of sp³-hybridized carbons (Fsp3) is 0.867. The summed E-state index contributed by atoms with van der Waals surface area (Å²) in [4.78, 5) is 0. The molecule has 0 bridgehead atoms. The molecule has 0 heteroatoms. The van der Waals surface area contributed by atoms with Gasteiger partial charge < -0.3 is 0 Å². The minimum atomic E-state index is 0.747. The fourth-order valence-corrected chi connectivity index (χ4v) is 5.05. The highest BCUT2D eigenvalue weighted by atomic mass is 14.8. The molecule has 2 saturated carbocycles. The van der Waals surface area contributed by atoms with Gasteiger partial charge in [0.1, 0.15) is 0 Å². The molecule has 0 N–H and O–H groups in total. The zero-order valence-corrected chi connectivity index (χ0v) is 10.6. The number of allylic oxidation sites excluding steroid dienone is 2. The molecule has 0 aliphatic heterocycles. The summed E-state index contributed by atoms with van der Waals surface area (Å²) >= 11 is 0. The molecule has 0 heterocycles. The molecular weight excluding hydrogens is 180 g/mol. The normalized spacial score (nSPS) is 52.5. The minimum absolute atomic E-state index is 0.747. The van der Waals surface area contributed by atoms with Crippen LogP contribution in [0.15, 0.2) is 11.6 Å². The summed E-state index contributed by atoms with van der Waals surface area (Å²) in [7, 11) is 0. The lowest BCUT2D eigenvalue weighted by Crippen LogP contribution is -2.27. The summed E-state index contributed by atoms with van der Waals surface area (Å²) in [5, 5.41) is 0. The first-order valence-corrected chi connectivity index (χ1v) is 6.75. The third-order valence-corrected chi connectivity index (χ3v) is 5.89. The average molecular weight is 204 g/mol. The van der Waals surface area contributed by atoms with Gasteiger partial charge in [-0.2, -0.15) is 0 Å². The van der Waals surface area contributed by atoms with E-state index < -0.39 is 0 Å². The molecule has 5 atom stereocenters. The van der Waals surface area contributed by atoms with Crippen molar-refractivity contribution in [3.63, 3.8) is 0 Å². The van der Waals surface area contributed by atoms with E-state index in [0.29, 0.717) is 0 Å². The standard InChI is InChI=1S/C15H24/c1-9(2)12-6-5-11(4)15-8-7-10(3)13(15)14(12)15/h7,9,11-14H,5-6,8H2,1-4H3/t11-,12+,13+,14+,15-/m1/s1. The maximum Gasteiger partial charge on any atom is -0.0104 e. The highest BCUT2D eigenvalue weighted by molar-refractivity contribution is 5.35. The highest BCUT2D eigenvalue weighted by Gasteiger charge is 2.71. The van der Waals surface area contributed by atoms with Gasteiger partial charge in [-0.25, -0.2) is 0 Å². The number of hydrogen-bond donors (Lipinski definition) is 0. The Morgan fingerprint density at radius 1 is 1.33 bits per heavy atom. The van der Waals surface area contributed by atoms with E-state index in [1.54, 1.807) is 5.57 Å². The summed E-state index contributed by atoms with van der Waals surface area (Å²) in [5.74, 6) is 4.96. The first kappa shape index (κ1) is 9.93. The summed E-state index contributed by atoms with van der Waals surface area (Å²) in [6.07, 6.45) is 6.91. The van der Waals surface area contributed by atoms with E-state index in [9.17, 15) is 0 Å². The first-order chi connectivity index (χ1) is 7.09. The third-order valence-electron chi connectivity index (χ3n) is 5.89. The zero-order chi connectivity index (χ0) is 10.8. The van der Waals surface area contributed by atoms with E-state index >= 15 is 0 Å². The van der Waals surface area contributed by atoms with E-state index in [1.165, 1.54) is 19.3 Å². The lowest BCUT2D eigenvalue weighted by Gasteiger charge is -2.35. The number of hydrogen-bond acceptors (Lipinski definition) is 0. The first-order valence-electron chi connectivity index (χ1n) is 6.75. The quantitative estimate of drug-likeness (QED) is 0.559. The smallest absolute Gasteiger partial charge is 0.0104 e. The summed E-state index contributed by atoms with van der Waals surface area (Å²) in [6, 6.07) is 0. The van der Waals surface area contributed by atoms with Gasteiger partial charge in [0.15, 0.2) is 0 Å². The van der Waals surface area contributed by atoms with Gasteiger partial charge in [-0.1, -0.05) is 32.4 Å². The Bertz CT molecular complexity index is 312. The van der Waals surface area contributed by atoms with Crippen LogP contribution in [-0.4, -0.2) is 0 Å². The lowest BCUT2D eigenvalue weighted by molar-refractivity contribution is 0.149. The Morgan fingerprint density at radius 2 is 2.07 bits per heavy atom. The van der Waals surface area contributed by atoms with Crippen molar-refractivity contribution >= 4 is 0 Å². The van der Waals surface area contributed by atoms with E-state index in [0.717, 1.165) is 35.0 Å². The van der Waals surface area contributed by atoms with Crippen molar-refractivity contribution in [1.29, 1.82) is 0 Å². The Kier molecular flexibility index (Phi) is 1.92. The van der Waals surface area contributed by atoms with Crippen molar-refractivity contribution in [1.82, 2.24) is 0 Å². The predicted molar refractivity (Wildman–Crippen MR) is 64.5 cm³/mol. The lowest BCUT2D eigenvalue weighted by atomic mass is 9.70. The molecule has 0 aromatic heterocycles. The van der Waals surface area contributed by atoms with Crippen LogP contribution in [0.2, 0.25) is 0 Å². The topological polar surface area (TPSA) is 0 Å². The molecule has 3 rings (SSSR count).